The SMILES string of the molecule is O=C(OC1CCCCC1)c1c(F)cccc1-c1nn[nH]n1. The fourth-order valence-electron chi connectivity index (χ4n) is 2.59. The number of nitrogens with one attached hydrogen (secondary N) is 1. The van der Waals surface area contributed by atoms with Crippen molar-refractivity contribution in [2.45, 2.75) is 38.2 Å². The molecule has 0 amide bonds. The summed E-state index contributed by atoms with van der Waals surface area (Å²) in [5.41, 5.74) is 0.147. The molecule has 1 heterocycles. The number of halogens is 1. The van der Waals surface area contributed by atoms with Crippen LogP contribution in [0.1, 0.15) is 42.5 Å². The molecule has 3 rings (SSSR count). The lowest BCUT2D eigenvalue weighted by atomic mass is 9.97. The number of aromatic nitrogens is 4. The number of carbonyl (C=O) groups is 1. The first kappa shape index (κ1) is 13.7. The lowest BCUT2D eigenvalue weighted by Crippen LogP contribution is -2.22. The van der Waals surface area contributed by atoms with E-state index in [1.807, 2.05) is 0 Å². The molecule has 1 saturated carbocycles. The average Bonchev–Trinajstić information content (AvgIpc) is 3.02. The van der Waals surface area contributed by atoms with Crippen molar-refractivity contribution in [3.8, 4) is 11.4 Å². The molecule has 6 nitrogen and oxygen atoms in total. The van der Waals surface area contributed by atoms with Crippen LogP contribution in [0.5, 0.6) is 0 Å². The number of benzene rings is 1. The maximum Gasteiger partial charge on any atom is 0.342 e. The van der Waals surface area contributed by atoms with Gasteiger partial charge in [-0.05, 0) is 43.0 Å². The molecule has 110 valence electrons. The summed E-state index contributed by atoms with van der Waals surface area (Å²) in [4.78, 5) is 12.3. The van der Waals surface area contributed by atoms with Crippen molar-refractivity contribution in [3.05, 3.63) is 29.6 Å². The highest BCUT2D eigenvalue weighted by Crippen LogP contribution is 2.26. The molecule has 21 heavy (non-hydrogen) atoms. The molecule has 1 aliphatic rings. The van der Waals surface area contributed by atoms with Crippen LogP contribution in [0.15, 0.2) is 18.2 Å². The molecule has 0 spiro atoms. The molecule has 2 aromatic rings. The summed E-state index contributed by atoms with van der Waals surface area (Å²) in [6.45, 7) is 0. The van der Waals surface area contributed by atoms with Gasteiger partial charge in [0.25, 0.3) is 0 Å². The van der Waals surface area contributed by atoms with Crippen LogP contribution in [0.25, 0.3) is 11.4 Å². The Morgan fingerprint density at radius 3 is 2.81 bits per heavy atom. The van der Waals surface area contributed by atoms with Crippen LogP contribution < -0.4 is 0 Å². The van der Waals surface area contributed by atoms with Gasteiger partial charge < -0.3 is 4.74 Å². The predicted molar refractivity (Wildman–Crippen MR) is 71.9 cm³/mol. The third-order valence-electron chi connectivity index (χ3n) is 3.63. The first-order valence-corrected chi connectivity index (χ1v) is 6.99. The number of aromatic amines is 1. The molecule has 0 aliphatic heterocycles. The number of hydrogen-bond acceptors (Lipinski definition) is 5. The highest BCUT2D eigenvalue weighted by atomic mass is 19.1. The van der Waals surface area contributed by atoms with Gasteiger partial charge in [0.05, 0.1) is 0 Å². The number of tetrazole rings is 1. The van der Waals surface area contributed by atoms with E-state index < -0.39 is 11.8 Å². The normalized spacial score (nSPS) is 15.9. The van der Waals surface area contributed by atoms with Gasteiger partial charge in [0.1, 0.15) is 17.5 Å². The largest absolute Gasteiger partial charge is 0.459 e. The van der Waals surface area contributed by atoms with E-state index in [1.165, 1.54) is 12.1 Å². The van der Waals surface area contributed by atoms with Crippen LogP contribution in [-0.4, -0.2) is 32.7 Å². The second kappa shape index (κ2) is 5.99. The Hall–Kier alpha value is -2.31. The Balaban J connectivity index is 1.88. The summed E-state index contributed by atoms with van der Waals surface area (Å²) in [7, 11) is 0. The van der Waals surface area contributed by atoms with E-state index in [4.69, 9.17) is 4.74 Å². The molecule has 7 heteroatoms. The summed E-state index contributed by atoms with van der Waals surface area (Å²) in [5, 5.41) is 13.3. The molecule has 0 radical (unpaired) electrons. The zero-order valence-corrected chi connectivity index (χ0v) is 11.4. The number of hydrogen-bond donors (Lipinski definition) is 1. The molecule has 0 atom stereocenters. The molecule has 1 fully saturated rings. The topological polar surface area (TPSA) is 80.8 Å². The highest BCUT2D eigenvalue weighted by molar-refractivity contribution is 5.96. The predicted octanol–water partition coefficient (Wildman–Crippen LogP) is 2.50. The van der Waals surface area contributed by atoms with Gasteiger partial charge in [0, 0.05) is 5.56 Å². The molecule has 1 aromatic heterocycles. The molecule has 0 saturated heterocycles. The van der Waals surface area contributed by atoms with Gasteiger partial charge in [0.2, 0.25) is 5.82 Å². The number of esters is 1. The van der Waals surface area contributed by atoms with Crippen molar-refractivity contribution in [2.24, 2.45) is 0 Å². The minimum Gasteiger partial charge on any atom is -0.459 e. The van der Waals surface area contributed by atoms with Crippen LogP contribution in [0.2, 0.25) is 0 Å². The van der Waals surface area contributed by atoms with E-state index >= 15 is 0 Å². The standard InChI is InChI=1S/C14H15FN4O2/c15-11-8-4-7-10(13-16-18-19-17-13)12(11)14(20)21-9-5-2-1-3-6-9/h4,7-9H,1-3,5-6H2,(H,16,17,18,19). The monoisotopic (exact) mass is 290 g/mol. The lowest BCUT2D eigenvalue weighted by molar-refractivity contribution is 0.0207. The van der Waals surface area contributed by atoms with E-state index in [1.54, 1.807) is 6.07 Å². The van der Waals surface area contributed by atoms with Crippen LogP contribution in [0, 0.1) is 5.82 Å². The summed E-state index contributed by atoms with van der Waals surface area (Å²) >= 11 is 0. The third kappa shape index (κ3) is 2.91. The minimum absolute atomic E-state index is 0.135. The number of rotatable bonds is 3. The van der Waals surface area contributed by atoms with Gasteiger partial charge in [-0.2, -0.15) is 5.21 Å². The number of nitrogens with zero attached hydrogens (tertiary/aromatic N) is 3. The maximum atomic E-state index is 14.1. The molecule has 1 N–H and O–H groups in total. The second-order valence-electron chi connectivity index (χ2n) is 5.06. The van der Waals surface area contributed by atoms with Crippen molar-refractivity contribution in [2.75, 3.05) is 0 Å². The first-order valence-electron chi connectivity index (χ1n) is 6.99. The van der Waals surface area contributed by atoms with Crippen LogP contribution in [-0.2, 0) is 4.74 Å². The molecular weight excluding hydrogens is 275 g/mol. The van der Waals surface area contributed by atoms with E-state index in [0.717, 1.165) is 32.1 Å². The molecule has 0 unspecified atom stereocenters. The van der Waals surface area contributed by atoms with Crippen LogP contribution in [0.4, 0.5) is 4.39 Å². The van der Waals surface area contributed by atoms with Crippen molar-refractivity contribution in [1.29, 1.82) is 0 Å². The minimum atomic E-state index is -0.667. The second-order valence-corrected chi connectivity index (χ2v) is 5.06. The number of H-pyrrole nitrogens is 1. The Labute approximate surface area is 120 Å². The van der Waals surface area contributed by atoms with Gasteiger partial charge in [-0.1, -0.05) is 12.5 Å². The molecule has 1 aliphatic carbocycles. The van der Waals surface area contributed by atoms with Gasteiger partial charge >= 0.3 is 5.97 Å². The van der Waals surface area contributed by atoms with E-state index in [2.05, 4.69) is 20.6 Å². The fraction of sp³-hybridized carbons (Fsp3) is 0.429. The molecule has 1 aromatic carbocycles. The maximum absolute atomic E-state index is 14.1. The van der Waals surface area contributed by atoms with E-state index in [0.29, 0.717) is 0 Å². The van der Waals surface area contributed by atoms with Crippen molar-refractivity contribution in [3.63, 3.8) is 0 Å². The quantitative estimate of drug-likeness (QED) is 0.878. The Kier molecular flexibility index (Phi) is 3.89. The highest BCUT2D eigenvalue weighted by Gasteiger charge is 2.25. The van der Waals surface area contributed by atoms with Crippen molar-refractivity contribution >= 4 is 5.97 Å². The third-order valence-corrected chi connectivity index (χ3v) is 3.63. The Bertz CT molecular complexity index is 624. The summed E-state index contributed by atoms with van der Waals surface area (Å²) < 4.78 is 19.5. The van der Waals surface area contributed by atoms with Gasteiger partial charge in [0.15, 0.2) is 0 Å². The summed E-state index contributed by atoms with van der Waals surface area (Å²) in [6.07, 6.45) is 4.75. The Morgan fingerprint density at radius 1 is 1.29 bits per heavy atom. The Morgan fingerprint density at radius 2 is 2.10 bits per heavy atom. The van der Waals surface area contributed by atoms with Crippen molar-refractivity contribution in [1.82, 2.24) is 20.6 Å². The number of carbonyl (C=O) groups excluding carboxylic acids is 1. The van der Waals surface area contributed by atoms with Crippen molar-refractivity contribution < 1.29 is 13.9 Å². The lowest BCUT2D eigenvalue weighted by Gasteiger charge is -2.22. The zero-order valence-electron chi connectivity index (χ0n) is 11.4. The summed E-state index contributed by atoms with van der Waals surface area (Å²) in [6, 6.07) is 4.30. The van der Waals surface area contributed by atoms with Gasteiger partial charge in [-0.15, -0.1) is 10.2 Å². The summed E-state index contributed by atoms with van der Waals surface area (Å²) in [5.74, 6) is -1.14. The van der Waals surface area contributed by atoms with Gasteiger partial charge in [-0.3, -0.25) is 0 Å². The first-order chi connectivity index (χ1) is 10.3. The molecule has 0 bridgehead atoms. The smallest absolute Gasteiger partial charge is 0.342 e. The van der Waals surface area contributed by atoms with E-state index in [9.17, 15) is 9.18 Å². The zero-order chi connectivity index (χ0) is 14.7. The number of ether oxygens (including phenoxy) is 1. The average molecular weight is 290 g/mol. The van der Waals surface area contributed by atoms with E-state index in [-0.39, 0.29) is 23.1 Å². The molecular formula is C14H15FN4O2. The van der Waals surface area contributed by atoms with Crippen LogP contribution in [0.3, 0.4) is 0 Å². The van der Waals surface area contributed by atoms with Crippen LogP contribution >= 0.6 is 0 Å². The van der Waals surface area contributed by atoms with Gasteiger partial charge in [-0.25, -0.2) is 9.18 Å². The fourth-order valence-corrected chi connectivity index (χ4v) is 2.59.